The Balaban J connectivity index is 1.90. The summed E-state index contributed by atoms with van der Waals surface area (Å²) in [5, 5.41) is 13.2. The molecule has 0 atom stereocenters. The molecule has 0 fully saturated rings. The van der Waals surface area contributed by atoms with E-state index in [9.17, 15) is 10.1 Å². The number of aryl methyl sites for hydroxylation is 2. The summed E-state index contributed by atoms with van der Waals surface area (Å²) in [4.78, 5) is 15.6. The van der Waals surface area contributed by atoms with Gasteiger partial charge in [0, 0.05) is 28.4 Å². The SMILES string of the molecule is Cc1ccc(NC(=O)/C(C#N)=C/c2c[nH]c3ccccc23)c(C)c1. The fourth-order valence-electron chi connectivity index (χ4n) is 2.66. The van der Waals surface area contributed by atoms with Gasteiger partial charge in [-0.25, -0.2) is 0 Å². The molecule has 0 aliphatic heterocycles. The van der Waals surface area contributed by atoms with Gasteiger partial charge in [-0.15, -0.1) is 0 Å². The molecule has 0 unspecified atom stereocenters. The van der Waals surface area contributed by atoms with Crippen LogP contribution in [-0.2, 0) is 4.79 Å². The molecule has 0 saturated carbocycles. The number of nitrogens with one attached hydrogen (secondary N) is 2. The van der Waals surface area contributed by atoms with E-state index in [1.54, 1.807) is 12.3 Å². The van der Waals surface area contributed by atoms with E-state index in [-0.39, 0.29) is 5.57 Å². The molecule has 3 aromatic rings. The summed E-state index contributed by atoms with van der Waals surface area (Å²) < 4.78 is 0. The van der Waals surface area contributed by atoms with Crippen LogP contribution >= 0.6 is 0 Å². The number of hydrogen-bond donors (Lipinski definition) is 2. The summed E-state index contributed by atoms with van der Waals surface area (Å²) in [6.45, 7) is 3.92. The van der Waals surface area contributed by atoms with Crippen LogP contribution in [0.3, 0.4) is 0 Å². The van der Waals surface area contributed by atoms with Crippen molar-refractivity contribution in [2.75, 3.05) is 5.32 Å². The van der Waals surface area contributed by atoms with Crippen LogP contribution < -0.4 is 5.32 Å². The van der Waals surface area contributed by atoms with Crippen molar-refractivity contribution in [2.24, 2.45) is 0 Å². The molecule has 1 amide bonds. The Hall–Kier alpha value is -3.32. The van der Waals surface area contributed by atoms with Gasteiger partial charge in [0.15, 0.2) is 0 Å². The molecule has 0 saturated heterocycles. The van der Waals surface area contributed by atoms with Gasteiger partial charge in [-0.2, -0.15) is 5.26 Å². The second-order valence-corrected chi connectivity index (χ2v) is 5.73. The van der Waals surface area contributed by atoms with Gasteiger partial charge in [0.25, 0.3) is 5.91 Å². The molecule has 3 rings (SSSR count). The van der Waals surface area contributed by atoms with E-state index in [0.717, 1.165) is 27.6 Å². The lowest BCUT2D eigenvalue weighted by Crippen LogP contribution is -2.14. The molecule has 2 N–H and O–H groups in total. The van der Waals surface area contributed by atoms with Crippen molar-refractivity contribution in [1.82, 2.24) is 4.98 Å². The number of para-hydroxylation sites is 1. The number of rotatable bonds is 3. The number of H-pyrrole nitrogens is 1. The Morgan fingerprint density at radius 1 is 1.21 bits per heavy atom. The Kier molecular flexibility index (Phi) is 4.17. The first-order valence-electron chi connectivity index (χ1n) is 7.65. The third-order valence-corrected chi connectivity index (χ3v) is 3.92. The summed E-state index contributed by atoms with van der Waals surface area (Å²) >= 11 is 0. The first-order valence-corrected chi connectivity index (χ1v) is 7.65. The van der Waals surface area contributed by atoms with Crippen molar-refractivity contribution in [1.29, 1.82) is 5.26 Å². The van der Waals surface area contributed by atoms with Crippen LogP contribution in [0.1, 0.15) is 16.7 Å². The van der Waals surface area contributed by atoms with Gasteiger partial charge < -0.3 is 10.3 Å². The largest absolute Gasteiger partial charge is 0.361 e. The van der Waals surface area contributed by atoms with E-state index in [2.05, 4.69) is 10.3 Å². The Morgan fingerprint density at radius 2 is 2.00 bits per heavy atom. The quantitative estimate of drug-likeness (QED) is 0.558. The predicted octanol–water partition coefficient (Wildman–Crippen LogP) is 4.33. The molecular formula is C20H17N3O. The minimum Gasteiger partial charge on any atom is -0.361 e. The van der Waals surface area contributed by atoms with E-state index in [1.807, 2.05) is 62.4 Å². The number of anilines is 1. The van der Waals surface area contributed by atoms with Crippen molar-refractivity contribution in [3.8, 4) is 6.07 Å². The molecule has 1 aromatic heterocycles. The third kappa shape index (κ3) is 3.06. The van der Waals surface area contributed by atoms with Gasteiger partial charge in [0.05, 0.1) is 0 Å². The van der Waals surface area contributed by atoms with Gasteiger partial charge >= 0.3 is 0 Å². The lowest BCUT2D eigenvalue weighted by atomic mass is 10.1. The average Bonchev–Trinajstić information content (AvgIpc) is 2.98. The third-order valence-electron chi connectivity index (χ3n) is 3.92. The van der Waals surface area contributed by atoms with Crippen LogP contribution in [0, 0.1) is 25.2 Å². The number of benzene rings is 2. The normalized spacial score (nSPS) is 11.3. The van der Waals surface area contributed by atoms with Crippen LogP contribution in [0.15, 0.2) is 54.2 Å². The number of aromatic nitrogens is 1. The number of nitrogens with zero attached hydrogens (tertiary/aromatic N) is 1. The highest BCUT2D eigenvalue weighted by Crippen LogP contribution is 2.21. The summed E-state index contributed by atoms with van der Waals surface area (Å²) in [5.41, 5.74) is 4.66. The van der Waals surface area contributed by atoms with Crippen molar-refractivity contribution in [3.63, 3.8) is 0 Å². The van der Waals surface area contributed by atoms with E-state index >= 15 is 0 Å². The Bertz CT molecular complexity index is 990. The monoisotopic (exact) mass is 315 g/mol. The first-order chi connectivity index (χ1) is 11.6. The predicted molar refractivity (Wildman–Crippen MR) is 96.4 cm³/mol. The van der Waals surface area contributed by atoms with E-state index < -0.39 is 5.91 Å². The highest BCUT2D eigenvalue weighted by Gasteiger charge is 2.12. The number of amides is 1. The van der Waals surface area contributed by atoms with Crippen LogP contribution in [0.4, 0.5) is 5.69 Å². The molecule has 0 aliphatic carbocycles. The number of nitriles is 1. The second kappa shape index (κ2) is 6.43. The number of carbonyl (C=O) groups is 1. The zero-order valence-electron chi connectivity index (χ0n) is 13.6. The smallest absolute Gasteiger partial charge is 0.266 e. The van der Waals surface area contributed by atoms with Crippen LogP contribution in [-0.4, -0.2) is 10.9 Å². The average molecular weight is 315 g/mol. The van der Waals surface area contributed by atoms with Crippen molar-refractivity contribution in [2.45, 2.75) is 13.8 Å². The van der Waals surface area contributed by atoms with Gasteiger partial charge in [-0.1, -0.05) is 35.9 Å². The highest BCUT2D eigenvalue weighted by atomic mass is 16.1. The van der Waals surface area contributed by atoms with Crippen molar-refractivity contribution < 1.29 is 4.79 Å². The molecule has 4 nitrogen and oxygen atoms in total. The summed E-state index contributed by atoms with van der Waals surface area (Å²) in [5.74, 6) is -0.408. The number of fused-ring (bicyclic) bond motifs is 1. The van der Waals surface area contributed by atoms with Crippen LogP contribution in [0.5, 0.6) is 0 Å². The van der Waals surface area contributed by atoms with Crippen molar-refractivity contribution in [3.05, 3.63) is 70.9 Å². The molecule has 0 bridgehead atoms. The van der Waals surface area contributed by atoms with Crippen molar-refractivity contribution >= 4 is 28.6 Å². The molecule has 0 radical (unpaired) electrons. The van der Waals surface area contributed by atoms with E-state index in [1.165, 1.54) is 0 Å². The maximum atomic E-state index is 12.4. The molecule has 118 valence electrons. The minimum absolute atomic E-state index is 0.0692. The number of carbonyl (C=O) groups excluding carboxylic acids is 1. The lowest BCUT2D eigenvalue weighted by Gasteiger charge is -2.08. The fraction of sp³-hybridized carbons (Fsp3) is 0.100. The van der Waals surface area contributed by atoms with Crippen LogP contribution in [0.2, 0.25) is 0 Å². The second-order valence-electron chi connectivity index (χ2n) is 5.73. The number of hydrogen-bond acceptors (Lipinski definition) is 2. The summed E-state index contributed by atoms with van der Waals surface area (Å²) in [6.07, 6.45) is 3.41. The van der Waals surface area contributed by atoms with E-state index in [4.69, 9.17) is 0 Å². The Labute approximate surface area is 140 Å². The highest BCUT2D eigenvalue weighted by molar-refractivity contribution is 6.11. The molecule has 24 heavy (non-hydrogen) atoms. The van der Waals surface area contributed by atoms with Crippen LogP contribution in [0.25, 0.3) is 17.0 Å². The van der Waals surface area contributed by atoms with Gasteiger partial charge in [0.1, 0.15) is 11.6 Å². The number of aromatic amines is 1. The maximum Gasteiger partial charge on any atom is 0.266 e. The molecular weight excluding hydrogens is 298 g/mol. The fourth-order valence-corrected chi connectivity index (χ4v) is 2.66. The summed E-state index contributed by atoms with van der Waals surface area (Å²) in [6, 6.07) is 15.5. The zero-order chi connectivity index (χ0) is 17.1. The van der Waals surface area contributed by atoms with E-state index in [0.29, 0.717) is 5.69 Å². The maximum absolute atomic E-state index is 12.4. The molecule has 0 spiro atoms. The lowest BCUT2D eigenvalue weighted by molar-refractivity contribution is -0.112. The van der Waals surface area contributed by atoms with Gasteiger partial charge in [-0.3, -0.25) is 4.79 Å². The molecule has 0 aliphatic rings. The van der Waals surface area contributed by atoms with Gasteiger partial charge in [-0.05, 0) is 37.6 Å². The standard InChI is InChI=1S/C20H17N3O/c1-13-7-8-18(14(2)9-13)23-20(24)15(11-21)10-16-12-22-19-6-4-3-5-17(16)19/h3-10,12,22H,1-2H3,(H,23,24)/b15-10+. The summed E-state index contributed by atoms with van der Waals surface area (Å²) in [7, 11) is 0. The Morgan fingerprint density at radius 3 is 2.75 bits per heavy atom. The van der Waals surface area contributed by atoms with Gasteiger partial charge in [0.2, 0.25) is 0 Å². The minimum atomic E-state index is -0.408. The molecule has 4 heteroatoms. The first kappa shape index (κ1) is 15.6. The molecule has 1 heterocycles. The zero-order valence-corrected chi connectivity index (χ0v) is 13.6. The topological polar surface area (TPSA) is 68.7 Å². The molecule has 2 aromatic carbocycles.